The van der Waals surface area contributed by atoms with Gasteiger partial charge in [-0.2, -0.15) is 5.10 Å². The van der Waals surface area contributed by atoms with E-state index in [0.29, 0.717) is 12.4 Å². The maximum absolute atomic E-state index is 12.4. The number of benzene rings is 1. The number of ether oxygens (including phenoxy) is 2. The number of hydrogen-bond acceptors (Lipinski definition) is 5. The number of aromatic nitrogens is 3. The van der Waals surface area contributed by atoms with Crippen molar-refractivity contribution in [2.45, 2.75) is 31.9 Å². The molecule has 23 heavy (non-hydrogen) atoms. The first-order valence-electron chi connectivity index (χ1n) is 7.57. The number of amides is 1. The van der Waals surface area contributed by atoms with E-state index in [4.69, 9.17) is 9.47 Å². The van der Waals surface area contributed by atoms with Crippen LogP contribution in [0.2, 0.25) is 0 Å². The molecule has 7 nitrogen and oxygen atoms in total. The molecule has 1 aromatic carbocycles. The van der Waals surface area contributed by atoms with E-state index in [9.17, 15) is 4.79 Å². The molecule has 2 aromatic rings. The Hall–Kier alpha value is -2.41. The Kier molecular flexibility index (Phi) is 4.57. The second kappa shape index (κ2) is 6.78. The molecular formula is C16H20N4O3. The van der Waals surface area contributed by atoms with Gasteiger partial charge in [0.05, 0.1) is 19.6 Å². The average Bonchev–Trinajstić information content (AvgIpc) is 3.18. The van der Waals surface area contributed by atoms with E-state index in [1.165, 1.54) is 6.33 Å². The predicted molar refractivity (Wildman–Crippen MR) is 83.1 cm³/mol. The van der Waals surface area contributed by atoms with Crippen LogP contribution >= 0.6 is 0 Å². The van der Waals surface area contributed by atoms with E-state index in [0.717, 1.165) is 23.3 Å². The summed E-state index contributed by atoms with van der Waals surface area (Å²) in [5.74, 6) is 1.30. The highest BCUT2D eigenvalue weighted by atomic mass is 16.5. The number of carbonyl (C=O) groups is 1. The van der Waals surface area contributed by atoms with E-state index < -0.39 is 0 Å². The molecule has 2 atom stereocenters. The molecule has 1 aliphatic rings. The molecule has 1 aromatic heterocycles. The highest BCUT2D eigenvalue weighted by Crippen LogP contribution is 2.27. The quantitative estimate of drug-likeness (QED) is 0.868. The molecular weight excluding hydrogens is 296 g/mol. The molecule has 0 unspecified atom stereocenters. The monoisotopic (exact) mass is 316 g/mol. The summed E-state index contributed by atoms with van der Waals surface area (Å²) in [5, 5.41) is 9.66. The van der Waals surface area contributed by atoms with Gasteiger partial charge in [0.1, 0.15) is 18.2 Å². The minimum absolute atomic E-state index is 0.0612. The van der Waals surface area contributed by atoms with Crippen LogP contribution in [0.1, 0.15) is 29.5 Å². The van der Waals surface area contributed by atoms with Crippen LogP contribution in [0.3, 0.4) is 0 Å². The Morgan fingerprint density at radius 3 is 3.13 bits per heavy atom. The van der Waals surface area contributed by atoms with Crippen molar-refractivity contribution in [3.8, 4) is 5.75 Å². The summed E-state index contributed by atoms with van der Waals surface area (Å²) in [6, 6.07) is 5.71. The molecule has 2 heterocycles. The van der Waals surface area contributed by atoms with Gasteiger partial charge in [-0.05, 0) is 19.4 Å². The Balaban J connectivity index is 1.66. The van der Waals surface area contributed by atoms with Crippen LogP contribution in [0.5, 0.6) is 5.75 Å². The van der Waals surface area contributed by atoms with Gasteiger partial charge in [-0.15, -0.1) is 0 Å². The topological polar surface area (TPSA) is 89.1 Å². The van der Waals surface area contributed by atoms with E-state index in [2.05, 4.69) is 20.5 Å². The highest BCUT2D eigenvalue weighted by Gasteiger charge is 2.33. The van der Waals surface area contributed by atoms with Crippen molar-refractivity contribution in [3.63, 3.8) is 0 Å². The summed E-state index contributed by atoms with van der Waals surface area (Å²) in [4.78, 5) is 16.5. The first kappa shape index (κ1) is 15.5. The summed E-state index contributed by atoms with van der Waals surface area (Å²) in [6.45, 7) is 2.58. The van der Waals surface area contributed by atoms with E-state index in [1.807, 2.05) is 25.1 Å². The SMILES string of the molecule is COc1ccc(C)cc1CC(=O)N[C@H]1CCO[C@H]1c1ncn[nH]1. The number of aryl methyl sites for hydroxylation is 1. The summed E-state index contributed by atoms with van der Waals surface area (Å²) in [6.07, 6.45) is 2.18. The third-order valence-electron chi connectivity index (χ3n) is 3.93. The van der Waals surface area contributed by atoms with E-state index >= 15 is 0 Å². The Morgan fingerprint density at radius 2 is 2.39 bits per heavy atom. The van der Waals surface area contributed by atoms with Crippen molar-refractivity contribution in [2.75, 3.05) is 13.7 Å². The van der Waals surface area contributed by atoms with Crippen molar-refractivity contribution in [1.82, 2.24) is 20.5 Å². The lowest BCUT2D eigenvalue weighted by Gasteiger charge is -2.18. The molecule has 0 saturated carbocycles. The maximum atomic E-state index is 12.4. The lowest BCUT2D eigenvalue weighted by atomic mass is 10.1. The molecule has 0 spiro atoms. The van der Waals surface area contributed by atoms with Crippen LogP contribution in [-0.4, -0.2) is 40.8 Å². The van der Waals surface area contributed by atoms with Crippen molar-refractivity contribution < 1.29 is 14.3 Å². The number of hydrogen-bond donors (Lipinski definition) is 2. The maximum Gasteiger partial charge on any atom is 0.224 e. The van der Waals surface area contributed by atoms with Crippen LogP contribution in [0, 0.1) is 6.92 Å². The third-order valence-corrected chi connectivity index (χ3v) is 3.93. The zero-order valence-corrected chi connectivity index (χ0v) is 13.2. The predicted octanol–water partition coefficient (Wildman–Crippen LogP) is 1.31. The van der Waals surface area contributed by atoms with E-state index in [1.54, 1.807) is 7.11 Å². The van der Waals surface area contributed by atoms with E-state index in [-0.39, 0.29) is 24.5 Å². The molecule has 2 N–H and O–H groups in total. The molecule has 0 aliphatic carbocycles. The molecule has 1 amide bonds. The molecule has 0 bridgehead atoms. The van der Waals surface area contributed by atoms with Crippen LogP contribution in [-0.2, 0) is 16.0 Å². The lowest BCUT2D eigenvalue weighted by Crippen LogP contribution is -2.38. The van der Waals surface area contributed by atoms with Gasteiger partial charge in [0.25, 0.3) is 0 Å². The van der Waals surface area contributed by atoms with Crippen molar-refractivity contribution in [2.24, 2.45) is 0 Å². The normalized spacial score (nSPS) is 20.4. The second-order valence-corrected chi connectivity index (χ2v) is 5.62. The van der Waals surface area contributed by atoms with Crippen molar-refractivity contribution in [3.05, 3.63) is 41.5 Å². The summed E-state index contributed by atoms with van der Waals surface area (Å²) < 4.78 is 11.0. The van der Waals surface area contributed by atoms with Gasteiger partial charge in [0.15, 0.2) is 5.82 Å². The van der Waals surface area contributed by atoms with Gasteiger partial charge >= 0.3 is 0 Å². The van der Waals surface area contributed by atoms with Crippen LogP contribution in [0.25, 0.3) is 0 Å². The minimum Gasteiger partial charge on any atom is -0.496 e. The average molecular weight is 316 g/mol. The molecule has 1 saturated heterocycles. The minimum atomic E-state index is -0.277. The van der Waals surface area contributed by atoms with Crippen LogP contribution in [0.4, 0.5) is 0 Å². The highest BCUT2D eigenvalue weighted by molar-refractivity contribution is 5.79. The largest absolute Gasteiger partial charge is 0.496 e. The standard InChI is InChI=1S/C16H20N4O3/c1-10-3-4-13(22-2)11(7-10)8-14(21)19-12-5-6-23-15(12)16-17-9-18-20-16/h3-4,7,9,12,15H,5-6,8H2,1-2H3,(H,19,21)(H,17,18,20)/t12-,15+/m0/s1. The van der Waals surface area contributed by atoms with Gasteiger partial charge in [-0.1, -0.05) is 17.7 Å². The number of carbonyl (C=O) groups excluding carboxylic acids is 1. The fourth-order valence-corrected chi connectivity index (χ4v) is 2.84. The lowest BCUT2D eigenvalue weighted by molar-refractivity contribution is -0.121. The number of nitrogens with one attached hydrogen (secondary N) is 2. The fourth-order valence-electron chi connectivity index (χ4n) is 2.84. The molecule has 7 heteroatoms. The molecule has 1 fully saturated rings. The Labute approximate surface area is 134 Å². The zero-order chi connectivity index (χ0) is 16.2. The number of H-pyrrole nitrogens is 1. The van der Waals surface area contributed by atoms with Crippen LogP contribution < -0.4 is 10.1 Å². The van der Waals surface area contributed by atoms with Gasteiger partial charge < -0.3 is 14.8 Å². The molecule has 122 valence electrons. The molecule has 1 aliphatic heterocycles. The third kappa shape index (κ3) is 3.50. The first-order valence-corrected chi connectivity index (χ1v) is 7.57. The van der Waals surface area contributed by atoms with Crippen LogP contribution in [0.15, 0.2) is 24.5 Å². The van der Waals surface area contributed by atoms with Gasteiger partial charge in [-0.25, -0.2) is 4.98 Å². The first-order chi connectivity index (χ1) is 11.2. The fraction of sp³-hybridized carbons (Fsp3) is 0.438. The number of rotatable bonds is 5. The summed E-state index contributed by atoms with van der Waals surface area (Å²) in [7, 11) is 1.61. The zero-order valence-electron chi connectivity index (χ0n) is 13.2. The number of aromatic amines is 1. The van der Waals surface area contributed by atoms with Gasteiger partial charge in [0.2, 0.25) is 5.91 Å². The smallest absolute Gasteiger partial charge is 0.224 e. The molecule has 3 rings (SSSR count). The second-order valence-electron chi connectivity index (χ2n) is 5.62. The molecule has 0 radical (unpaired) electrons. The van der Waals surface area contributed by atoms with Gasteiger partial charge in [0, 0.05) is 12.2 Å². The van der Waals surface area contributed by atoms with Crippen molar-refractivity contribution in [1.29, 1.82) is 0 Å². The van der Waals surface area contributed by atoms with Crippen molar-refractivity contribution >= 4 is 5.91 Å². The summed E-state index contributed by atoms with van der Waals surface area (Å²) >= 11 is 0. The summed E-state index contributed by atoms with van der Waals surface area (Å²) in [5.41, 5.74) is 1.97. The van der Waals surface area contributed by atoms with Gasteiger partial charge in [-0.3, -0.25) is 9.89 Å². The Morgan fingerprint density at radius 1 is 1.52 bits per heavy atom. The number of nitrogens with zero attached hydrogens (tertiary/aromatic N) is 2. The Bertz CT molecular complexity index is 672. The number of methoxy groups -OCH3 is 1.